The summed E-state index contributed by atoms with van der Waals surface area (Å²) < 4.78 is 4.49. The minimum atomic E-state index is -2.65. The zero-order valence-corrected chi connectivity index (χ0v) is 10.6. The molecule has 0 saturated carbocycles. The fraction of sp³-hybridized carbons (Fsp3) is 0.667. The van der Waals surface area contributed by atoms with Crippen molar-refractivity contribution in [2.45, 2.75) is 31.3 Å². The van der Waals surface area contributed by atoms with Crippen molar-refractivity contribution in [2.75, 3.05) is 5.75 Å². The van der Waals surface area contributed by atoms with Crippen LogP contribution in [0.25, 0.3) is 0 Å². The Hall–Kier alpha value is -1.32. The van der Waals surface area contributed by atoms with Gasteiger partial charge in [-0.05, 0) is 19.1 Å². The third-order valence-corrected chi connectivity index (χ3v) is 3.11. The Morgan fingerprint density at radius 1 is 1.33 bits per heavy atom. The summed E-state index contributed by atoms with van der Waals surface area (Å²) >= 11 is 0.824. The number of aliphatic carboxylic acids is 2. The first-order valence-corrected chi connectivity index (χ1v) is 5.96. The molecular weight excluding hydrogens is 268 g/mol. The third kappa shape index (κ3) is 4.17. The first-order valence-electron chi connectivity index (χ1n) is 4.91. The molecule has 0 aliphatic carbocycles. The molecule has 2 unspecified atom stereocenters. The number of carbonyl (C=O) groups is 3. The molecule has 18 heavy (non-hydrogen) atoms. The Labute approximate surface area is 107 Å². The second kappa shape index (κ2) is 7.19. The van der Waals surface area contributed by atoms with E-state index in [2.05, 4.69) is 9.62 Å². The highest BCUT2D eigenvalue weighted by Crippen LogP contribution is 2.19. The van der Waals surface area contributed by atoms with Crippen LogP contribution in [0.5, 0.6) is 0 Å². The van der Waals surface area contributed by atoms with Gasteiger partial charge < -0.3 is 14.9 Å². The van der Waals surface area contributed by atoms with Crippen molar-refractivity contribution in [3.63, 3.8) is 0 Å². The SMILES string of the molecule is CCCSC(OC(=O)C(C)(OO)C(=O)O)C(=O)O. The van der Waals surface area contributed by atoms with Crippen LogP contribution in [-0.2, 0) is 24.0 Å². The van der Waals surface area contributed by atoms with Crippen molar-refractivity contribution in [3.8, 4) is 0 Å². The van der Waals surface area contributed by atoms with E-state index in [-0.39, 0.29) is 0 Å². The van der Waals surface area contributed by atoms with Gasteiger partial charge in [-0.15, -0.1) is 11.8 Å². The van der Waals surface area contributed by atoms with Gasteiger partial charge in [-0.3, -0.25) is 5.26 Å². The fourth-order valence-electron chi connectivity index (χ4n) is 0.754. The van der Waals surface area contributed by atoms with E-state index in [1.54, 1.807) is 6.92 Å². The smallest absolute Gasteiger partial charge is 0.355 e. The van der Waals surface area contributed by atoms with Gasteiger partial charge in [-0.2, -0.15) is 0 Å². The van der Waals surface area contributed by atoms with E-state index in [1.165, 1.54) is 0 Å². The Morgan fingerprint density at radius 3 is 2.22 bits per heavy atom. The van der Waals surface area contributed by atoms with Gasteiger partial charge in [0, 0.05) is 0 Å². The number of carboxylic acids is 2. The minimum Gasteiger partial charge on any atom is -0.479 e. The number of esters is 1. The number of carboxylic acid groups (broad SMARTS) is 2. The molecule has 0 aliphatic heterocycles. The van der Waals surface area contributed by atoms with Crippen LogP contribution >= 0.6 is 11.8 Å². The normalized spacial score (nSPS) is 15.5. The highest BCUT2D eigenvalue weighted by molar-refractivity contribution is 8.00. The first-order chi connectivity index (χ1) is 8.29. The summed E-state index contributed by atoms with van der Waals surface area (Å²) in [5, 5.41) is 25.9. The van der Waals surface area contributed by atoms with Gasteiger partial charge in [-0.25, -0.2) is 19.3 Å². The van der Waals surface area contributed by atoms with Crippen LogP contribution in [0, 0.1) is 0 Å². The number of hydrogen-bond acceptors (Lipinski definition) is 7. The lowest BCUT2D eigenvalue weighted by Crippen LogP contribution is -2.48. The van der Waals surface area contributed by atoms with Gasteiger partial charge in [0.05, 0.1) is 0 Å². The zero-order chi connectivity index (χ0) is 14.3. The predicted octanol–water partition coefficient (Wildman–Crippen LogP) is 0.416. The number of thioether (sulfide) groups is 1. The van der Waals surface area contributed by atoms with Gasteiger partial charge in [0.1, 0.15) is 0 Å². The van der Waals surface area contributed by atoms with Crippen molar-refractivity contribution in [1.29, 1.82) is 0 Å². The lowest BCUT2D eigenvalue weighted by molar-refractivity contribution is -0.308. The highest BCUT2D eigenvalue weighted by atomic mass is 32.2. The average Bonchev–Trinajstić information content (AvgIpc) is 2.32. The largest absolute Gasteiger partial charge is 0.479 e. The molecule has 0 aliphatic rings. The maximum atomic E-state index is 11.5. The van der Waals surface area contributed by atoms with E-state index < -0.39 is 28.9 Å². The summed E-state index contributed by atoms with van der Waals surface area (Å²) in [4.78, 5) is 36.5. The van der Waals surface area contributed by atoms with E-state index in [9.17, 15) is 14.4 Å². The second-order valence-electron chi connectivity index (χ2n) is 3.38. The van der Waals surface area contributed by atoms with Crippen LogP contribution < -0.4 is 0 Å². The molecule has 0 amide bonds. The molecule has 104 valence electrons. The number of rotatable bonds is 8. The average molecular weight is 282 g/mol. The number of ether oxygens (including phenoxy) is 1. The quantitative estimate of drug-likeness (QED) is 0.190. The number of hydrogen-bond donors (Lipinski definition) is 3. The Morgan fingerprint density at radius 2 is 1.89 bits per heavy atom. The van der Waals surface area contributed by atoms with Gasteiger partial charge >= 0.3 is 17.9 Å². The van der Waals surface area contributed by atoms with Crippen LogP contribution in [-0.4, -0.2) is 50.2 Å². The zero-order valence-electron chi connectivity index (χ0n) is 9.78. The minimum absolute atomic E-state index is 0.411. The van der Waals surface area contributed by atoms with Gasteiger partial charge in [0.25, 0.3) is 5.60 Å². The van der Waals surface area contributed by atoms with Crippen molar-refractivity contribution >= 4 is 29.7 Å². The molecule has 0 spiro atoms. The number of carbonyl (C=O) groups excluding carboxylic acids is 1. The molecule has 2 atom stereocenters. The molecule has 0 heterocycles. The van der Waals surface area contributed by atoms with Gasteiger partial charge in [-0.1, -0.05) is 6.92 Å². The summed E-state index contributed by atoms with van der Waals surface area (Å²) in [5.41, 5.74) is -4.20. The molecule has 3 N–H and O–H groups in total. The van der Waals surface area contributed by atoms with Gasteiger partial charge in [0.2, 0.25) is 5.44 Å². The van der Waals surface area contributed by atoms with E-state index in [4.69, 9.17) is 15.5 Å². The van der Waals surface area contributed by atoms with Crippen LogP contribution in [0.2, 0.25) is 0 Å². The highest BCUT2D eigenvalue weighted by Gasteiger charge is 2.47. The summed E-state index contributed by atoms with van der Waals surface area (Å²) in [6, 6.07) is 0. The van der Waals surface area contributed by atoms with E-state index in [0.717, 1.165) is 18.7 Å². The molecule has 8 nitrogen and oxygen atoms in total. The Bertz CT molecular complexity index is 331. The van der Waals surface area contributed by atoms with Gasteiger partial charge in [0.15, 0.2) is 0 Å². The van der Waals surface area contributed by atoms with Crippen molar-refractivity contribution < 1.29 is 39.5 Å². The molecule has 0 aromatic heterocycles. The van der Waals surface area contributed by atoms with E-state index in [1.807, 2.05) is 0 Å². The van der Waals surface area contributed by atoms with Crippen molar-refractivity contribution in [1.82, 2.24) is 0 Å². The lowest BCUT2D eigenvalue weighted by Gasteiger charge is -2.21. The van der Waals surface area contributed by atoms with E-state index >= 15 is 0 Å². The van der Waals surface area contributed by atoms with Crippen molar-refractivity contribution in [3.05, 3.63) is 0 Å². The molecule has 0 rings (SSSR count). The molecule has 0 radical (unpaired) electrons. The third-order valence-electron chi connectivity index (χ3n) is 1.87. The van der Waals surface area contributed by atoms with E-state index in [0.29, 0.717) is 12.2 Å². The van der Waals surface area contributed by atoms with Crippen LogP contribution in [0.3, 0.4) is 0 Å². The Balaban J connectivity index is 4.77. The maximum absolute atomic E-state index is 11.5. The predicted molar refractivity (Wildman–Crippen MR) is 60.0 cm³/mol. The van der Waals surface area contributed by atoms with Crippen LogP contribution in [0.15, 0.2) is 0 Å². The molecule has 0 bridgehead atoms. The first kappa shape index (κ1) is 16.7. The summed E-state index contributed by atoms with van der Waals surface area (Å²) in [5.74, 6) is -4.30. The molecule has 9 heteroatoms. The monoisotopic (exact) mass is 282 g/mol. The molecule has 0 aromatic rings. The van der Waals surface area contributed by atoms with Crippen LogP contribution in [0.1, 0.15) is 20.3 Å². The fourth-order valence-corrected chi connectivity index (χ4v) is 1.50. The molecule has 0 fully saturated rings. The Kier molecular flexibility index (Phi) is 6.66. The van der Waals surface area contributed by atoms with Crippen LogP contribution in [0.4, 0.5) is 0 Å². The van der Waals surface area contributed by atoms with Crippen molar-refractivity contribution in [2.24, 2.45) is 0 Å². The second-order valence-corrected chi connectivity index (χ2v) is 4.55. The molecule has 0 saturated heterocycles. The summed E-state index contributed by atoms with van der Waals surface area (Å²) in [6.45, 7) is 2.55. The topological polar surface area (TPSA) is 130 Å². The molecular formula is C9H14O8S. The standard InChI is InChI=1S/C9H14O8S/c1-3-4-18-6(5(10)11)16-8(14)9(2,17-15)7(12)13/h6,15H,3-4H2,1-2H3,(H,10,11)(H,12,13). The summed E-state index contributed by atoms with van der Waals surface area (Å²) in [7, 11) is 0. The molecule has 0 aromatic carbocycles. The lowest BCUT2D eigenvalue weighted by atomic mass is 10.1. The summed E-state index contributed by atoms with van der Waals surface area (Å²) in [6.07, 6.45) is 0.651. The maximum Gasteiger partial charge on any atom is 0.355 e.